The number of ketones is 1. The van der Waals surface area contributed by atoms with Gasteiger partial charge in [-0.1, -0.05) is 84.4 Å². The van der Waals surface area contributed by atoms with Gasteiger partial charge in [0.1, 0.15) is 11.0 Å². The molecule has 1 aliphatic heterocycles. The van der Waals surface area contributed by atoms with Crippen molar-refractivity contribution in [3.8, 4) is 11.5 Å². The van der Waals surface area contributed by atoms with Crippen molar-refractivity contribution in [3.63, 3.8) is 0 Å². The summed E-state index contributed by atoms with van der Waals surface area (Å²) in [5.74, 6) is -4.11. The molecule has 4 aromatic carbocycles. The van der Waals surface area contributed by atoms with Crippen LogP contribution in [0.5, 0.6) is 11.5 Å². The molecule has 1 saturated heterocycles. The van der Waals surface area contributed by atoms with Gasteiger partial charge in [-0.25, -0.2) is 0 Å². The van der Waals surface area contributed by atoms with E-state index in [0.717, 1.165) is 5.56 Å². The molecule has 0 saturated carbocycles. The lowest BCUT2D eigenvalue weighted by Gasteiger charge is -2.34. The Morgan fingerprint density at radius 1 is 0.750 bits per heavy atom. The monoisotopic (exact) mass is 672 g/mol. The lowest BCUT2D eigenvalue weighted by Crippen LogP contribution is -2.51. The van der Waals surface area contributed by atoms with E-state index in [1.807, 2.05) is 6.92 Å². The summed E-state index contributed by atoms with van der Waals surface area (Å²) in [5, 5.41) is 0. The Hall–Kier alpha value is -5.00. The summed E-state index contributed by atoms with van der Waals surface area (Å²) in [6.45, 7) is 4.82. The van der Waals surface area contributed by atoms with Crippen LogP contribution in [-0.2, 0) is 33.9 Å². The second-order valence-corrected chi connectivity index (χ2v) is 12.7. The molecule has 0 N–H and O–H groups in total. The zero-order valence-electron chi connectivity index (χ0n) is 27.0. The van der Waals surface area contributed by atoms with Gasteiger partial charge in [0.05, 0.1) is 32.3 Å². The number of methoxy groups -OCH3 is 1. The number of aryl methyl sites for hydroxylation is 1. The molecule has 0 aliphatic carbocycles. The minimum absolute atomic E-state index is 0.0255. The number of carbonyl (C=O) groups excluding carboxylic acids is 3. The van der Waals surface area contributed by atoms with Crippen molar-refractivity contribution in [2.75, 3.05) is 20.3 Å². The number of rotatable bonds is 12. The molecule has 10 nitrogen and oxygen atoms in total. The number of hydrogen-bond donors (Lipinski definition) is 0. The molecule has 0 aromatic heterocycles. The number of esters is 2. The van der Waals surface area contributed by atoms with Crippen LogP contribution in [0.25, 0.3) is 0 Å². The Balaban J connectivity index is 1.70. The van der Waals surface area contributed by atoms with Crippen LogP contribution in [0.15, 0.2) is 108 Å². The highest BCUT2D eigenvalue weighted by atomic mass is 32.2. The van der Waals surface area contributed by atoms with Gasteiger partial charge in [0.25, 0.3) is 0 Å². The summed E-state index contributed by atoms with van der Waals surface area (Å²) < 4.78 is 55.0. The lowest BCUT2D eigenvalue weighted by atomic mass is 9.66. The lowest BCUT2D eigenvalue weighted by molar-refractivity contribution is -0.178. The maximum Gasteiger partial charge on any atom is 0.339 e. The third-order valence-electron chi connectivity index (χ3n) is 8.18. The average molecular weight is 673 g/mol. The van der Waals surface area contributed by atoms with Crippen molar-refractivity contribution in [3.05, 3.63) is 125 Å². The Morgan fingerprint density at radius 2 is 1.33 bits per heavy atom. The first kappa shape index (κ1) is 34.3. The number of ether oxygens (including phenoxy) is 4. The van der Waals surface area contributed by atoms with Crippen molar-refractivity contribution in [1.29, 1.82) is 0 Å². The first-order chi connectivity index (χ1) is 23.1. The quantitative estimate of drug-likeness (QED) is 0.0742. The topological polar surface area (TPSA) is 132 Å². The smallest absolute Gasteiger partial charge is 0.339 e. The van der Waals surface area contributed by atoms with Gasteiger partial charge in [-0.15, -0.1) is 0 Å². The minimum Gasteiger partial charge on any atom is -0.493 e. The molecule has 4 aromatic rings. The molecule has 11 heteroatoms. The maximum atomic E-state index is 14.5. The highest BCUT2D eigenvalue weighted by Gasteiger charge is 2.70. The van der Waals surface area contributed by atoms with Crippen molar-refractivity contribution < 1.29 is 45.9 Å². The summed E-state index contributed by atoms with van der Waals surface area (Å²) in [6, 6.07) is 27.5. The van der Waals surface area contributed by atoms with Gasteiger partial charge in [-0.2, -0.15) is 8.42 Å². The van der Waals surface area contributed by atoms with Crippen LogP contribution in [0.4, 0.5) is 0 Å². The molecule has 0 unspecified atom stereocenters. The van der Waals surface area contributed by atoms with E-state index in [4.69, 9.17) is 23.1 Å². The van der Waals surface area contributed by atoms with E-state index in [0.29, 0.717) is 5.56 Å². The predicted molar refractivity (Wildman–Crippen MR) is 175 cm³/mol. The van der Waals surface area contributed by atoms with Crippen LogP contribution in [0.3, 0.4) is 0 Å². The van der Waals surface area contributed by atoms with Crippen LogP contribution >= 0.6 is 0 Å². The van der Waals surface area contributed by atoms with Gasteiger partial charge >= 0.3 is 22.1 Å². The molecular formula is C37H36O10S. The van der Waals surface area contributed by atoms with E-state index in [2.05, 4.69) is 0 Å². The van der Waals surface area contributed by atoms with E-state index in [9.17, 15) is 22.8 Å². The first-order valence-electron chi connectivity index (χ1n) is 15.4. The van der Waals surface area contributed by atoms with Crippen LogP contribution < -0.4 is 8.92 Å². The predicted octanol–water partition coefficient (Wildman–Crippen LogP) is 6.20. The van der Waals surface area contributed by atoms with Crippen molar-refractivity contribution >= 4 is 27.8 Å². The number of carbonyl (C=O) groups is 3. The average Bonchev–Trinajstić information content (AvgIpc) is 3.46. The Kier molecular flexibility index (Phi) is 10.3. The third-order valence-corrected chi connectivity index (χ3v) is 9.43. The van der Waals surface area contributed by atoms with Gasteiger partial charge < -0.3 is 23.1 Å². The molecule has 0 amide bonds. The van der Waals surface area contributed by atoms with Crippen molar-refractivity contribution in [1.82, 2.24) is 0 Å². The highest BCUT2D eigenvalue weighted by Crippen LogP contribution is 2.60. The van der Waals surface area contributed by atoms with Crippen LogP contribution in [-0.4, -0.2) is 46.5 Å². The molecule has 5 rings (SSSR count). The molecule has 3 atom stereocenters. The van der Waals surface area contributed by atoms with E-state index in [1.165, 1.54) is 37.4 Å². The largest absolute Gasteiger partial charge is 0.493 e. The number of Topliss-reactive ketones (excluding diaryl/α,β-unsaturated/α-hetero) is 1. The summed E-state index contributed by atoms with van der Waals surface area (Å²) in [4.78, 5) is 43.0. The zero-order valence-corrected chi connectivity index (χ0v) is 27.8. The summed E-state index contributed by atoms with van der Waals surface area (Å²) in [6.07, 6.45) is -2.53. The third kappa shape index (κ3) is 6.43. The van der Waals surface area contributed by atoms with Gasteiger partial charge in [-0.3, -0.25) is 14.4 Å². The molecule has 0 radical (unpaired) electrons. The Bertz CT molecular complexity index is 1850. The highest BCUT2D eigenvalue weighted by molar-refractivity contribution is 7.87. The zero-order chi connectivity index (χ0) is 34.5. The minimum atomic E-state index is -4.26. The molecule has 1 aliphatic rings. The molecule has 48 heavy (non-hydrogen) atoms. The van der Waals surface area contributed by atoms with Gasteiger partial charge in [0.15, 0.2) is 17.3 Å². The van der Waals surface area contributed by atoms with E-state index in [1.54, 1.807) is 86.6 Å². The molecule has 250 valence electrons. The fraction of sp³-hybridized carbons (Fsp3) is 0.270. The fourth-order valence-electron chi connectivity index (χ4n) is 5.96. The molecule has 1 heterocycles. The molecule has 0 bridgehead atoms. The van der Waals surface area contributed by atoms with Crippen LogP contribution in [0.1, 0.15) is 53.1 Å². The van der Waals surface area contributed by atoms with E-state index in [-0.39, 0.29) is 40.7 Å². The van der Waals surface area contributed by atoms with Gasteiger partial charge in [0, 0.05) is 5.56 Å². The second-order valence-electron chi connectivity index (χ2n) is 11.1. The normalized spacial score (nSPS) is 18.5. The van der Waals surface area contributed by atoms with Crippen LogP contribution in [0, 0.1) is 18.3 Å². The number of benzene rings is 4. The first-order valence-corrected chi connectivity index (χ1v) is 16.8. The summed E-state index contributed by atoms with van der Waals surface area (Å²) in [5.41, 5.74) is -0.424. The molecular weight excluding hydrogens is 636 g/mol. The molecule has 1 fully saturated rings. The van der Waals surface area contributed by atoms with Crippen molar-refractivity contribution in [2.45, 2.75) is 37.9 Å². The Morgan fingerprint density at radius 3 is 1.90 bits per heavy atom. The Labute approximate surface area is 279 Å². The summed E-state index contributed by atoms with van der Waals surface area (Å²) in [7, 11) is -2.94. The number of hydrogen-bond acceptors (Lipinski definition) is 10. The maximum absolute atomic E-state index is 14.5. The SMILES string of the molecule is CCOC(=O)C1(C(=O)OCC)[C@H](C(=O)c2ccccc2)[C@@H](c2ccccc2)O[C@H]1c1ccc(OS(=O)(=O)c2ccc(C)cc2)c(OC)c1. The summed E-state index contributed by atoms with van der Waals surface area (Å²) >= 11 is 0. The van der Waals surface area contributed by atoms with Crippen LogP contribution in [0.2, 0.25) is 0 Å². The van der Waals surface area contributed by atoms with E-state index < -0.39 is 51.4 Å². The van der Waals surface area contributed by atoms with E-state index >= 15 is 0 Å². The molecule has 0 spiro atoms. The van der Waals surface area contributed by atoms with Crippen molar-refractivity contribution in [2.24, 2.45) is 11.3 Å². The van der Waals surface area contributed by atoms with Gasteiger partial charge in [0.2, 0.25) is 5.41 Å². The van der Waals surface area contributed by atoms with Gasteiger partial charge in [-0.05, 0) is 56.2 Å². The fourth-order valence-corrected chi connectivity index (χ4v) is 6.90. The standard InChI is InChI=1S/C37H36O10S/c1-5-44-35(39)37(36(40)45-6-2)31(32(38)25-13-9-7-10-14-25)33(26-15-11-8-12-16-26)46-34(37)27-19-22-29(30(23-27)43-4)47-48(41,42)28-20-17-24(3)18-21-28/h7-23,31,33-34H,5-6H2,1-4H3/t31-,33-,34+/m1/s1. The second kappa shape index (κ2) is 14.4.